The summed E-state index contributed by atoms with van der Waals surface area (Å²) in [5, 5.41) is 2.48. The van der Waals surface area contributed by atoms with Crippen molar-refractivity contribution in [1.82, 2.24) is 0 Å². The van der Waals surface area contributed by atoms with E-state index in [9.17, 15) is 18.0 Å². The molecular weight excluding hydrogens is 223 g/mol. The molecule has 0 aliphatic rings. The second-order valence-electron chi connectivity index (χ2n) is 3.14. The van der Waals surface area contributed by atoms with Crippen LogP contribution < -0.4 is 5.32 Å². The van der Waals surface area contributed by atoms with Gasteiger partial charge in [0.2, 0.25) is 0 Å². The van der Waals surface area contributed by atoms with Gasteiger partial charge in [-0.1, -0.05) is 0 Å². The predicted molar refractivity (Wildman–Crippen MR) is 51.4 cm³/mol. The molecule has 0 heterocycles. The molecule has 0 bridgehead atoms. The summed E-state index contributed by atoms with van der Waals surface area (Å²) in [5.41, 5.74) is -0.0331. The molecule has 1 N–H and O–H groups in total. The second kappa shape index (κ2) is 4.87. The van der Waals surface area contributed by atoms with Crippen LogP contribution in [-0.2, 0) is 9.53 Å². The van der Waals surface area contributed by atoms with Gasteiger partial charge >= 0.3 is 5.97 Å². The molecule has 16 heavy (non-hydrogen) atoms. The van der Waals surface area contributed by atoms with Crippen LogP contribution in [0.2, 0.25) is 0 Å². The van der Waals surface area contributed by atoms with Crippen molar-refractivity contribution in [2.75, 3.05) is 12.4 Å². The number of halogens is 3. The molecule has 0 amide bonds. The van der Waals surface area contributed by atoms with E-state index in [0.717, 1.165) is 12.1 Å². The van der Waals surface area contributed by atoms with Gasteiger partial charge in [0.15, 0.2) is 17.5 Å². The van der Waals surface area contributed by atoms with Gasteiger partial charge in [0, 0.05) is 17.8 Å². The summed E-state index contributed by atoms with van der Waals surface area (Å²) >= 11 is 0. The van der Waals surface area contributed by atoms with Gasteiger partial charge in [-0.05, 0) is 6.92 Å². The zero-order valence-electron chi connectivity index (χ0n) is 8.68. The van der Waals surface area contributed by atoms with Gasteiger partial charge in [-0.25, -0.2) is 18.0 Å². The Morgan fingerprint density at radius 3 is 2.25 bits per heavy atom. The highest BCUT2D eigenvalue weighted by Gasteiger charge is 2.15. The Labute approximate surface area is 90.2 Å². The third kappa shape index (κ3) is 2.65. The molecule has 1 rings (SSSR count). The molecule has 1 aromatic carbocycles. The number of esters is 1. The average Bonchev–Trinajstić information content (AvgIpc) is 2.24. The summed E-state index contributed by atoms with van der Waals surface area (Å²) in [6.45, 7) is 1.45. The van der Waals surface area contributed by atoms with E-state index in [-0.39, 0.29) is 5.69 Å². The molecule has 3 nitrogen and oxygen atoms in total. The van der Waals surface area contributed by atoms with E-state index >= 15 is 0 Å². The van der Waals surface area contributed by atoms with Crippen LogP contribution in [-0.4, -0.2) is 19.1 Å². The van der Waals surface area contributed by atoms with Crippen molar-refractivity contribution in [1.29, 1.82) is 0 Å². The highest BCUT2D eigenvalue weighted by atomic mass is 19.2. The number of nitrogens with one attached hydrogen (secondary N) is 1. The third-order valence-electron chi connectivity index (χ3n) is 1.92. The fourth-order valence-electron chi connectivity index (χ4n) is 1.12. The molecule has 0 aliphatic heterocycles. The second-order valence-corrected chi connectivity index (χ2v) is 3.14. The number of ether oxygens (including phenoxy) is 1. The third-order valence-corrected chi connectivity index (χ3v) is 1.92. The smallest absolute Gasteiger partial charge is 0.327 e. The first-order valence-electron chi connectivity index (χ1n) is 4.44. The van der Waals surface area contributed by atoms with Crippen LogP contribution in [0.25, 0.3) is 0 Å². The van der Waals surface area contributed by atoms with Crippen LogP contribution in [0.5, 0.6) is 0 Å². The number of carbonyl (C=O) groups is 1. The first-order chi connectivity index (χ1) is 7.45. The van der Waals surface area contributed by atoms with Gasteiger partial charge in [0.25, 0.3) is 0 Å². The highest BCUT2D eigenvalue weighted by molar-refractivity contribution is 5.78. The maximum Gasteiger partial charge on any atom is 0.327 e. The molecule has 0 spiro atoms. The quantitative estimate of drug-likeness (QED) is 0.641. The van der Waals surface area contributed by atoms with E-state index in [1.54, 1.807) is 0 Å². The van der Waals surface area contributed by atoms with Crippen LogP contribution in [0.1, 0.15) is 6.92 Å². The van der Waals surface area contributed by atoms with Crippen molar-refractivity contribution >= 4 is 11.7 Å². The number of carbonyl (C=O) groups excluding carboxylic acids is 1. The van der Waals surface area contributed by atoms with Crippen LogP contribution >= 0.6 is 0 Å². The van der Waals surface area contributed by atoms with Crippen LogP contribution in [0.4, 0.5) is 18.9 Å². The van der Waals surface area contributed by atoms with E-state index in [1.807, 2.05) is 0 Å². The fraction of sp³-hybridized carbons (Fsp3) is 0.300. The van der Waals surface area contributed by atoms with Crippen molar-refractivity contribution in [2.24, 2.45) is 0 Å². The number of anilines is 1. The summed E-state index contributed by atoms with van der Waals surface area (Å²) in [7, 11) is 1.19. The van der Waals surface area contributed by atoms with E-state index in [0.29, 0.717) is 0 Å². The lowest BCUT2D eigenvalue weighted by Gasteiger charge is -2.13. The summed E-state index contributed by atoms with van der Waals surface area (Å²) in [6, 6.07) is 0.740. The lowest BCUT2D eigenvalue weighted by Crippen LogP contribution is -2.27. The monoisotopic (exact) mass is 233 g/mol. The Kier molecular flexibility index (Phi) is 3.76. The van der Waals surface area contributed by atoms with Crippen molar-refractivity contribution in [3.8, 4) is 0 Å². The van der Waals surface area contributed by atoms with Crippen molar-refractivity contribution in [2.45, 2.75) is 13.0 Å². The SMILES string of the molecule is COC(=O)C(C)Nc1cc(F)c(F)c(F)c1. The Morgan fingerprint density at radius 1 is 1.31 bits per heavy atom. The van der Waals surface area contributed by atoms with E-state index in [2.05, 4.69) is 10.1 Å². The van der Waals surface area contributed by atoms with Gasteiger partial charge in [-0.3, -0.25) is 0 Å². The summed E-state index contributed by atoms with van der Waals surface area (Å²) in [6.07, 6.45) is 0. The van der Waals surface area contributed by atoms with E-state index in [1.165, 1.54) is 14.0 Å². The van der Waals surface area contributed by atoms with Crippen molar-refractivity contribution in [3.05, 3.63) is 29.6 Å². The number of benzene rings is 1. The standard InChI is InChI=1S/C10H10F3NO2/c1-5(10(15)16-2)14-6-3-7(11)9(13)8(12)4-6/h3-5,14H,1-2H3. The fourth-order valence-corrected chi connectivity index (χ4v) is 1.12. The van der Waals surface area contributed by atoms with Crippen LogP contribution in [0.3, 0.4) is 0 Å². The van der Waals surface area contributed by atoms with E-state index in [4.69, 9.17) is 0 Å². The molecule has 0 saturated heterocycles. The molecule has 0 radical (unpaired) electrons. The molecule has 0 aliphatic carbocycles. The van der Waals surface area contributed by atoms with Crippen molar-refractivity contribution < 1.29 is 22.7 Å². The summed E-state index contributed by atoms with van der Waals surface area (Å²) < 4.78 is 42.6. The van der Waals surface area contributed by atoms with Gasteiger partial charge < -0.3 is 10.1 Å². The molecule has 0 aromatic heterocycles. The number of methoxy groups -OCH3 is 1. The van der Waals surface area contributed by atoms with Gasteiger partial charge in [-0.2, -0.15) is 0 Å². The Morgan fingerprint density at radius 2 is 1.81 bits per heavy atom. The molecule has 6 heteroatoms. The minimum atomic E-state index is -1.55. The molecule has 0 fully saturated rings. The topological polar surface area (TPSA) is 38.3 Å². The van der Waals surface area contributed by atoms with Crippen molar-refractivity contribution in [3.63, 3.8) is 0 Å². The molecule has 0 saturated carbocycles. The maximum absolute atomic E-state index is 12.8. The molecule has 1 atom stereocenters. The largest absolute Gasteiger partial charge is 0.467 e. The number of hydrogen-bond donors (Lipinski definition) is 1. The maximum atomic E-state index is 12.8. The number of hydrogen-bond acceptors (Lipinski definition) is 3. The van der Waals surface area contributed by atoms with Crippen LogP contribution in [0, 0.1) is 17.5 Å². The molecule has 1 aromatic rings. The lowest BCUT2D eigenvalue weighted by atomic mass is 10.2. The first kappa shape index (κ1) is 12.4. The minimum absolute atomic E-state index is 0.0331. The first-order valence-corrected chi connectivity index (χ1v) is 4.44. The van der Waals surface area contributed by atoms with E-state index < -0.39 is 29.5 Å². The average molecular weight is 233 g/mol. The zero-order valence-corrected chi connectivity index (χ0v) is 8.68. The molecular formula is C10H10F3NO2. The minimum Gasteiger partial charge on any atom is -0.467 e. The van der Waals surface area contributed by atoms with Gasteiger partial charge in [-0.15, -0.1) is 0 Å². The lowest BCUT2D eigenvalue weighted by molar-refractivity contribution is -0.141. The summed E-state index contributed by atoms with van der Waals surface area (Å²) in [4.78, 5) is 11.0. The highest BCUT2D eigenvalue weighted by Crippen LogP contribution is 2.18. The molecule has 1 unspecified atom stereocenters. The Hall–Kier alpha value is -1.72. The number of rotatable bonds is 3. The summed E-state index contributed by atoms with van der Waals surface area (Å²) in [5.74, 6) is -4.78. The Bertz CT molecular complexity index is 386. The predicted octanol–water partition coefficient (Wildman–Crippen LogP) is 2.08. The van der Waals surface area contributed by atoms with Crippen LogP contribution in [0.15, 0.2) is 12.1 Å². The zero-order chi connectivity index (χ0) is 12.3. The Balaban J connectivity index is 2.86. The van der Waals surface area contributed by atoms with Gasteiger partial charge in [0.1, 0.15) is 6.04 Å². The van der Waals surface area contributed by atoms with Gasteiger partial charge in [0.05, 0.1) is 7.11 Å². The molecule has 88 valence electrons. The normalized spacial score (nSPS) is 12.1.